The molecule has 0 aliphatic carbocycles. The van der Waals surface area contributed by atoms with E-state index in [1.54, 1.807) is 0 Å². The van der Waals surface area contributed by atoms with Crippen LogP contribution in [-0.4, -0.2) is 9.13 Å². The van der Waals surface area contributed by atoms with Gasteiger partial charge in [0.05, 0.1) is 22.1 Å². The van der Waals surface area contributed by atoms with Crippen molar-refractivity contribution in [2.45, 2.75) is 13.8 Å². The van der Waals surface area contributed by atoms with Crippen molar-refractivity contribution in [3.05, 3.63) is 170 Å². The van der Waals surface area contributed by atoms with E-state index in [-0.39, 0.29) is 0 Å². The topological polar surface area (TPSA) is 9.86 Å². The third kappa shape index (κ3) is 4.50. The Hall–Kier alpha value is -5.86. The molecule has 6 aromatic carbocycles. The Morgan fingerprint density at radius 3 is 1.91 bits per heavy atom. The van der Waals surface area contributed by atoms with E-state index in [9.17, 15) is 0 Å². The Bertz CT molecular complexity index is 2500. The first-order valence-corrected chi connectivity index (χ1v) is 15.8. The summed E-state index contributed by atoms with van der Waals surface area (Å²) in [5, 5.41) is 5.02. The van der Waals surface area contributed by atoms with E-state index in [0.717, 1.165) is 11.4 Å². The molecule has 2 heterocycles. The van der Waals surface area contributed by atoms with Crippen molar-refractivity contribution in [2.75, 3.05) is 0 Å². The number of aromatic nitrogens is 2. The average molecular weight is 591 g/mol. The lowest BCUT2D eigenvalue weighted by Crippen LogP contribution is -1.94. The van der Waals surface area contributed by atoms with E-state index >= 15 is 0 Å². The van der Waals surface area contributed by atoms with Crippen LogP contribution in [0, 0.1) is 6.92 Å². The summed E-state index contributed by atoms with van der Waals surface area (Å²) in [5.41, 5.74) is 13.2. The van der Waals surface area contributed by atoms with Crippen molar-refractivity contribution in [3.63, 3.8) is 0 Å². The Morgan fingerprint density at radius 2 is 1.15 bits per heavy atom. The molecule has 0 atom stereocenters. The van der Waals surface area contributed by atoms with Crippen LogP contribution in [0.25, 0.3) is 77.2 Å². The number of para-hydroxylation sites is 1. The number of benzene rings is 6. The van der Waals surface area contributed by atoms with Gasteiger partial charge in [-0.15, -0.1) is 0 Å². The summed E-state index contributed by atoms with van der Waals surface area (Å²) in [4.78, 5) is 0. The molecule has 0 unspecified atom stereocenters. The first-order valence-electron chi connectivity index (χ1n) is 15.8. The van der Waals surface area contributed by atoms with Gasteiger partial charge in [0.25, 0.3) is 0 Å². The Morgan fingerprint density at radius 1 is 0.543 bits per heavy atom. The highest BCUT2D eigenvalue weighted by Crippen LogP contribution is 2.39. The maximum atomic E-state index is 3.87. The van der Waals surface area contributed by atoms with Crippen molar-refractivity contribution in [2.24, 2.45) is 0 Å². The molecule has 0 saturated carbocycles. The number of fused-ring (bicyclic) bond motifs is 6. The number of hydrogen-bond donors (Lipinski definition) is 0. The van der Waals surface area contributed by atoms with Gasteiger partial charge < -0.3 is 9.13 Å². The van der Waals surface area contributed by atoms with E-state index in [1.807, 2.05) is 12.2 Å². The highest BCUT2D eigenvalue weighted by molar-refractivity contribution is 6.13. The molecule has 0 fully saturated rings. The SMILES string of the molecule is C=C/C=C\C(=C/C)n1c2ccccc2c2cc(-c3ccc4c(c3)c3cc(C)ccc3n4-c3cccc(-c4ccccc4)c3)ccc21. The van der Waals surface area contributed by atoms with Gasteiger partial charge in [0.2, 0.25) is 0 Å². The maximum Gasteiger partial charge on any atom is 0.0541 e. The zero-order valence-electron chi connectivity index (χ0n) is 26.1. The number of nitrogens with zero attached hydrogens (tertiary/aromatic N) is 2. The van der Waals surface area contributed by atoms with Crippen molar-refractivity contribution in [1.82, 2.24) is 9.13 Å². The van der Waals surface area contributed by atoms with E-state index in [1.165, 1.54) is 71.4 Å². The van der Waals surface area contributed by atoms with Gasteiger partial charge in [-0.3, -0.25) is 0 Å². The van der Waals surface area contributed by atoms with Crippen LogP contribution in [0.4, 0.5) is 0 Å². The largest absolute Gasteiger partial charge is 0.310 e. The Labute approximate surface area is 269 Å². The Balaban J connectivity index is 1.32. The van der Waals surface area contributed by atoms with Crippen LogP contribution >= 0.6 is 0 Å². The number of aryl methyl sites for hydroxylation is 1. The maximum absolute atomic E-state index is 3.87. The van der Waals surface area contributed by atoms with Crippen LogP contribution in [0.2, 0.25) is 0 Å². The van der Waals surface area contributed by atoms with Gasteiger partial charge in [-0.1, -0.05) is 109 Å². The molecular weight excluding hydrogens is 556 g/mol. The zero-order chi connectivity index (χ0) is 31.2. The van der Waals surface area contributed by atoms with E-state index in [2.05, 4.69) is 175 Å². The minimum atomic E-state index is 1.12. The second kappa shape index (κ2) is 11.3. The summed E-state index contributed by atoms with van der Waals surface area (Å²) < 4.78 is 4.75. The first kappa shape index (κ1) is 27.7. The van der Waals surface area contributed by atoms with Gasteiger partial charge in [0.15, 0.2) is 0 Å². The van der Waals surface area contributed by atoms with Gasteiger partial charge >= 0.3 is 0 Å². The minimum Gasteiger partial charge on any atom is -0.310 e. The third-order valence-corrected chi connectivity index (χ3v) is 9.10. The fourth-order valence-electron chi connectivity index (χ4n) is 6.95. The van der Waals surface area contributed by atoms with Crippen molar-refractivity contribution in [3.8, 4) is 27.9 Å². The summed E-state index contributed by atoms with van der Waals surface area (Å²) in [7, 11) is 0. The van der Waals surface area contributed by atoms with Crippen LogP contribution < -0.4 is 0 Å². The number of rotatable bonds is 6. The summed E-state index contributed by atoms with van der Waals surface area (Å²) in [6.45, 7) is 8.14. The molecule has 2 nitrogen and oxygen atoms in total. The average Bonchev–Trinajstić information content (AvgIpc) is 3.61. The van der Waals surface area contributed by atoms with Crippen LogP contribution in [0.3, 0.4) is 0 Å². The molecule has 220 valence electrons. The van der Waals surface area contributed by atoms with Gasteiger partial charge in [-0.2, -0.15) is 0 Å². The highest BCUT2D eigenvalue weighted by atomic mass is 15.0. The summed E-state index contributed by atoms with van der Waals surface area (Å²) >= 11 is 0. The van der Waals surface area contributed by atoms with E-state index in [4.69, 9.17) is 0 Å². The second-order valence-electron chi connectivity index (χ2n) is 11.9. The lowest BCUT2D eigenvalue weighted by Gasteiger charge is -2.11. The molecule has 46 heavy (non-hydrogen) atoms. The molecule has 0 bridgehead atoms. The lowest BCUT2D eigenvalue weighted by molar-refractivity contribution is 1.18. The molecule has 8 aromatic rings. The van der Waals surface area contributed by atoms with E-state index < -0.39 is 0 Å². The highest BCUT2D eigenvalue weighted by Gasteiger charge is 2.16. The number of hydrogen-bond acceptors (Lipinski definition) is 0. The zero-order valence-corrected chi connectivity index (χ0v) is 26.1. The molecule has 2 aromatic heterocycles. The third-order valence-electron chi connectivity index (χ3n) is 9.10. The molecule has 0 N–H and O–H groups in total. The van der Waals surface area contributed by atoms with Crippen molar-refractivity contribution >= 4 is 49.3 Å². The fourth-order valence-corrected chi connectivity index (χ4v) is 6.95. The first-order chi connectivity index (χ1) is 22.6. The molecule has 0 spiro atoms. The van der Waals surface area contributed by atoms with E-state index in [0.29, 0.717) is 0 Å². The summed E-state index contributed by atoms with van der Waals surface area (Å²) in [6, 6.07) is 48.8. The smallest absolute Gasteiger partial charge is 0.0541 e. The molecule has 0 aliphatic rings. The monoisotopic (exact) mass is 590 g/mol. The standard InChI is InChI=1S/C44H34N2/c1-4-6-16-35(5-2)45-41-19-11-10-18-37(41)39-28-33(21-24-43(39)45)34-22-25-44-40(29-34)38-26-30(3)20-23-42(38)46(44)36-17-12-15-32(27-36)31-13-8-7-9-14-31/h4-29H,1H2,2-3H3/b16-6-,35-5+. The predicted molar refractivity (Wildman–Crippen MR) is 199 cm³/mol. The van der Waals surface area contributed by atoms with Gasteiger partial charge in [-0.25, -0.2) is 0 Å². The summed E-state index contributed by atoms with van der Waals surface area (Å²) in [6.07, 6.45) is 8.09. The molecule has 0 amide bonds. The molecule has 8 rings (SSSR count). The quantitative estimate of drug-likeness (QED) is 0.171. The Kier molecular flexibility index (Phi) is 6.77. The molecule has 0 saturated heterocycles. The normalized spacial score (nSPS) is 12.3. The molecule has 2 heteroatoms. The van der Waals surface area contributed by atoms with Gasteiger partial charge in [0, 0.05) is 32.9 Å². The van der Waals surface area contributed by atoms with Gasteiger partial charge in [-0.05, 0) is 96.8 Å². The second-order valence-corrected chi connectivity index (χ2v) is 11.9. The minimum absolute atomic E-state index is 1.12. The van der Waals surface area contributed by atoms with Crippen molar-refractivity contribution in [1.29, 1.82) is 0 Å². The van der Waals surface area contributed by atoms with Crippen LogP contribution in [0.1, 0.15) is 12.5 Å². The molecule has 0 radical (unpaired) electrons. The fraction of sp³-hybridized carbons (Fsp3) is 0.0455. The number of allylic oxidation sites excluding steroid dienone is 5. The van der Waals surface area contributed by atoms with Crippen LogP contribution in [0.15, 0.2) is 164 Å². The predicted octanol–water partition coefficient (Wildman–Crippen LogP) is 12.1. The van der Waals surface area contributed by atoms with Crippen LogP contribution in [0.5, 0.6) is 0 Å². The van der Waals surface area contributed by atoms with Gasteiger partial charge in [0.1, 0.15) is 0 Å². The van der Waals surface area contributed by atoms with Crippen molar-refractivity contribution < 1.29 is 0 Å². The van der Waals surface area contributed by atoms with Crippen LogP contribution in [-0.2, 0) is 0 Å². The lowest BCUT2D eigenvalue weighted by atomic mass is 10.0. The molecular formula is C44H34N2. The summed E-state index contributed by atoms with van der Waals surface area (Å²) in [5.74, 6) is 0. The molecule has 0 aliphatic heterocycles.